The van der Waals surface area contributed by atoms with Crippen molar-refractivity contribution in [2.24, 2.45) is 0 Å². The van der Waals surface area contributed by atoms with Gasteiger partial charge in [0.25, 0.3) is 5.91 Å². The van der Waals surface area contributed by atoms with Gasteiger partial charge in [0.05, 0.1) is 18.4 Å². The molecule has 0 saturated heterocycles. The Morgan fingerprint density at radius 3 is 2.88 bits per heavy atom. The number of benzene rings is 1. The van der Waals surface area contributed by atoms with Gasteiger partial charge < -0.3 is 14.3 Å². The molecule has 0 spiro atoms. The van der Waals surface area contributed by atoms with Crippen LogP contribution in [0.25, 0.3) is 0 Å². The predicted molar refractivity (Wildman–Crippen MR) is 94.4 cm³/mol. The minimum atomic E-state index is -0.169. The van der Waals surface area contributed by atoms with Gasteiger partial charge in [0.1, 0.15) is 5.76 Å². The minimum absolute atomic E-state index is 0.114. The van der Waals surface area contributed by atoms with E-state index >= 15 is 0 Å². The monoisotopic (exact) mass is 335 g/mol. The van der Waals surface area contributed by atoms with Gasteiger partial charge in [0.15, 0.2) is 5.76 Å². The normalized spacial score (nSPS) is 19.4. The minimum Gasteiger partial charge on any atom is -0.456 e. The maximum absolute atomic E-state index is 12.8. The van der Waals surface area contributed by atoms with Crippen LogP contribution in [0.2, 0.25) is 0 Å². The molecular weight excluding hydrogens is 314 g/mol. The highest BCUT2D eigenvalue weighted by atomic mass is 16.3. The van der Waals surface area contributed by atoms with Crippen molar-refractivity contribution in [3.8, 4) is 0 Å². The third kappa shape index (κ3) is 2.86. The molecule has 2 atom stereocenters. The topological polar surface area (TPSA) is 60.1 Å². The van der Waals surface area contributed by atoms with Gasteiger partial charge in [-0.2, -0.15) is 0 Å². The van der Waals surface area contributed by atoms with Crippen LogP contribution in [0, 0.1) is 13.8 Å². The van der Waals surface area contributed by atoms with Crippen LogP contribution in [0.5, 0.6) is 0 Å². The third-order valence-corrected chi connectivity index (χ3v) is 4.93. The predicted octanol–water partition coefficient (Wildman–Crippen LogP) is 3.75. The van der Waals surface area contributed by atoms with E-state index in [9.17, 15) is 4.79 Å². The van der Waals surface area contributed by atoms with Gasteiger partial charge in [-0.3, -0.25) is 4.79 Å². The lowest BCUT2D eigenvalue weighted by Crippen LogP contribution is -2.37. The number of aryl methyl sites for hydroxylation is 3. The Labute approximate surface area is 146 Å². The van der Waals surface area contributed by atoms with E-state index in [0.717, 1.165) is 24.2 Å². The van der Waals surface area contributed by atoms with Crippen LogP contribution in [0.3, 0.4) is 0 Å². The maximum atomic E-state index is 12.8. The lowest BCUT2D eigenvalue weighted by atomic mass is 9.83. The van der Waals surface area contributed by atoms with E-state index in [0.29, 0.717) is 5.76 Å². The van der Waals surface area contributed by atoms with Crippen molar-refractivity contribution >= 4 is 5.91 Å². The highest BCUT2D eigenvalue weighted by Crippen LogP contribution is 2.37. The second kappa shape index (κ2) is 6.24. The number of aromatic nitrogens is 2. The molecule has 1 aromatic carbocycles. The second-order valence-electron chi connectivity index (χ2n) is 6.64. The number of fused-ring (bicyclic) bond motifs is 1. The highest BCUT2D eigenvalue weighted by Gasteiger charge is 2.32. The van der Waals surface area contributed by atoms with Gasteiger partial charge in [-0.1, -0.05) is 24.3 Å². The van der Waals surface area contributed by atoms with Crippen molar-refractivity contribution in [2.45, 2.75) is 38.8 Å². The summed E-state index contributed by atoms with van der Waals surface area (Å²) in [5.74, 6) is 0.972. The highest BCUT2D eigenvalue weighted by molar-refractivity contribution is 5.93. The molecule has 1 amide bonds. The number of rotatable bonds is 3. The van der Waals surface area contributed by atoms with E-state index in [1.165, 1.54) is 11.1 Å². The van der Waals surface area contributed by atoms with E-state index in [-0.39, 0.29) is 18.0 Å². The molecule has 0 bridgehead atoms. The van der Waals surface area contributed by atoms with E-state index in [2.05, 4.69) is 33.1 Å². The Morgan fingerprint density at radius 1 is 1.32 bits per heavy atom. The van der Waals surface area contributed by atoms with Gasteiger partial charge in [0, 0.05) is 18.0 Å². The number of nitrogens with one attached hydrogen (secondary N) is 1. The first-order valence-corrected chi connectivity index (χ1v) is 8.56. The number of hydrogen-bond acceptors (Lipinski definition) is 3. The zero-order valence-electron chi connectivity index (χ0n) is 14.4. The molecule has 3 aromatic rings. The lowest BCUT2D eigenvalue weighted by molar-refractivity contribution is 0.0887. The van der Waals surface area contributed by atoms with Gasteiger partial charge in [0.2, 0.25) is 0 Å². The Bertz CT molecular complexity index is 896. The Hall–Kier alpha value is -2.82. The fraction of sp³-hybridized carbons (Fsp3) is 0.300. The van der Waals surface area contributed by atoms with E-state index < -0.39 is 0 Å². The van der Waals surface area contributed by atoms with Crippen LogP contribution in [-0.4, -0.2) is 15.5 Å². The summed E-state index contributed by atoms with van der Waals surface area (Å²) in [5, 5.41) is 3.20. The zero-order valence-corrected chi connectivity index (χ0v) is 14.4. The molecule has 0 radical (unpaired) electrons. The molecule has 2 heterocycles. The Kier molecular flexibility index (Phi) is 3.92. The molecule has 4 rings (SSSR count). The summed E-state index contributed by atoms with van der Waals surface area (Å²) in [4.78, 5) is 17.0. The number of furan rings is 1. The van der Waals surface area contributed by atoms with Gasteiger partial charge in [-0.15, -0.1) is 0 Å². The van der Waals surface area contributed by atoms with Crippen LogP contribution in [0.1, 0.15) is 51.5 Å². The summed E-state index contributed by atoms with van der Waals surface area (Å²) in [6.07, 6.45) is 7.50. The first-order valence-electron chi connectivity index (χ1n) is 8.56. The standard InChI is InChI=1S/C20H21N3O2/c1-13-11-14(2)25-19(13)20(24)22-18-16-6-4-3-5-15(16)7-8-17(18)23-10-9-21-12-23/h3-6,9-12,17-18H,7-8H2,1-2H3,(H,22,24)/t17-,18-/m0/s1. The van der Waals surface area contributed by atoms with Crippen molar-refractivity contribution in [3.63, 3.8) is 0 Å². The van der Waals surface area contributed by atoms with E-state index in [1.54, 1.807) is 6.20 Å². The van der Waals surface area contributed by atoms with Crippen LogP contribution in [0.15, 0.2) is 53.5 Å². The number of carbonyl (C=O) groups excluding carboxylic acids is 1. The number of hydrogen-bond donors (Lipinski definition) is 1. The number of carbonyl (C=O) groups is 1. The van der Waals surface area contributed by atoms with Crippen molar-refractivity contribution in [2.75, 3.05) is 0 Å². The molecule has 5 heteroatoms. The summed E-state index contributed by atoms with van der Waals surface area (Å²) in [5.41, 5.74) is 3.32. The Morgan fingerprint density at radius 2 is 2.16 bits per heavy atom. The summed E-state index contributed by atoms with van der Waals surface area (Å²) in [7, 11) is 0. The number of amides is 1. The molecule has 1 N–H and O–H groups in total. The molecule has 0 unspecified atom stereocenters. The van der Waals surface area contributed by atoms with Gasteiger partial charge in [-0.25, -0.2) is 4.98 Å². The first kappa shape index (κ1) is 15.7. The van der Waals surface area contributed by atoms with Crippen LogP contribution >= 0.6 is 0 Å². The van der Waals surface area contributed by atoms with Crippen LogP contribution in [-0.2, 0) is 6.42 Å². The fourth-order valence-electron chi connectivity index (χ4n) is 3.78. The lowest BCUT2D eigenvalue weighted by Gasteiger charge is -2.34. The van der Waals surface area contributed by atoms with E-state index in [4.69, 9.17) is 4.42 Å². The maximum Gasteiger partial charge on any atom is 0.287 e. The number of imidazole rings is 1. The molecule has 0 saturated carbocycles. The average Bonchev–Trinajstić information content (AvgIpc) is 3.24. The third-order valence-electron chi connectivity index (χ3n) is 4.93. The van der Waals surface area contributed by atoms with Crippen molar-refractivity contribution in [1.82, 2.24) is 14.9 Å². The van der Waals surface area contributed by atoms with Crippen molar-refractivity contribution in [1.29, 1.82) is 0 Å². The molecule has 0 fully saturated rings. The second-order valence-corrected chi connectivity index (χ2v) is 6.64. The first-order chi connectivity index (χ1) is 12.1. The zero-order chi connectivity index (χ0) is 17.4. The van der Waals surface area contributed by atoms with Gasteiger partial charge >= 0.3 is 0 Å². The van der Waals surface area contributed by atoms with Gasteiger partial charge in [-0.05, 0) is 43.9 Å². The number of nitrogens with zero attached hydrogens (tertiary/aromatic N) is 2. The molecule has 1 aliphatic carbocycles. The molecule has 2 aromatic heterocycles. The van der Waals surface area contributed by atoms with E-state index in [1.807, 2.05) is 38.5 Å². The van der Waals surface area contributed by atoms with Crippen molar-refractivity contribution in [3.05, 3.63) is 77.3 Å². The largest absolute Gasteiger partial charge is 0.456 e. The summed E-state index contributed by atoms with van der Waals surface area (Å²) in [6, 6.07) is 10.2. The molecular formula is C20H21N3O2. The Balaban J connectivity index is 1.70. The smallest absolute Gasteiger partial charge is 0.287 e. The summed E-state index contributed by atoms with van der Waals surface area (Å²) < 4.78 is 7.68. The average molecular weight is 335 g/mol. The molecule has 128 valence electrons. The summed E-state index contributed by atoms with van der Waals surface area (Å²) >= 11 is 0. The van der Waals surface area contributed by atoms with Crippen LogP contribution < -0.4 is 5.32 Å². The fourth-order valence-corrected chi connectivity index (χ4v) is 3.78. The van der Waals surface area contributed by atoms with Crippen LogP contribution in [0.4, 0.5) is 0 Å². The molecule has 1 aliphatic rings. The summed E-state index contributed by atoms with van der Waals surface area (Å²) in [6.45, 7) is 3.75. The SMILES string of the molecule is Cc1cc(C)c(C(=O)N[C@H]2c3ccccc3CC[C@@H]2n2ccnc2)o1. The molecule has 0 aliphatic heterocycles. The quantitative estimate of drug-likeness (QED) is 0.793. The molecule has 25 heavy (non-hydrogen) atoms. The van der Waals surface area contributed by atoms with Crippen molar-refractivity contribution < 1.29 is 9.21 Å². The molecule has 5 nitrogen and oxygen atoms in total.